The van der Waals surface area contributed by atoms with Crippen molar-refractivity contribution in [1.29, 1.82) is 0 Å². The highest BCUT2D eigenvalue weighted by molar-refractivity contribution is 5.89. The summed E-state index contributed by atoms with van der Waals surface area (Å²) in [6, 6.07) is 7.75. The number of rotatable bonds is 4. The maximum absolute atomic E-state index is 13.3. The van der Waals surface area contributed by atoms with E-state index in [1.54, 1.807) is 0 Å². The second-order valence-electron chi connectivity index (χ2n) is 8.29. The van der Waals surface area contributed by atoms with Crippen LogP contribution in [0, 0.1) is 11.3 Å². The first kappa shape index (κ1) is 21.7. The Balaban J connectivity index is 0.00000261. The molecule has 3 unspecified atom stereocenters. The lowest BCUT2D eigenvalue weighted by Crippen LogP contribution is -2.54. The van der Waals surface area contributed by atoms with Gasteiger partial charge in [0.1, 0.15) is 6.04 Å². The molecular weight excluding hydrogens is 362 g/mol. The van der Waals surface area contributed by atoms with E-state index < -0.39 is 6.04 Å². The third-order valence-electron chi connectivity index (χ3n) is 6.21. The number of fused-ring (bicyclic) bond motifs is 1. The largest absolute Gasteiger partial charge is 0.340 e. The molecule has 0 spiro atoms. The Labute approximate surface area is 168 Å². The first-order chi connectivity index (χ1) is 12.4. The monoisotopic (exact) mass is 393 g/mol. The number of carbonyl (C=O) groups excluding carboxylic acids is 2. The van der Waals surface area contributed by atoms with Crippen molar-refractivity contribution in [3.05, 3.63) is 35.4 Å². The molecule has 0 aromatic heterocycles. The van der Waals surface area contributed by atoms with Gasteiger partial charge in [-0.2, -0.15) is 0 Å². The van der Waals surface area contributed by atoms with E-state index in [9.17, 15) is 9.59 Å². The molecule has 0 aliphatic carbocycles. The molecule has 3 atom stereocenters. The third kappa shape index (κ3) is 4.30. The maximum Gasteiger partial charge on any atom is 0.245 e. The van der Waals surface area contributed by atoms with Crippen LogP contribution in [-0.4, -0.2) is 47.3 Å². The fraction of sp³-hybridized carbons (Fsp3) is 0.619. The molecule has 2 N–H and O–H groups in total. The van der Waals surface area contributed by atoms with Gasteiger partial charge in [-0.25, -0.2) is 0 Å². The molecule has 1 aromatic rings. The summed E-state index contributed by atoms with van der Waals surface area (Å²) in [4.78, 5) is 30.1. The summed E-state index contributed by atoms with van der Waals surface area (Å²) >= 11 is 0. The average Bonchev–Trinajstić information content (AvgIpc) is 3.08. The SMILES string of the molecule is CCC(C)C(=O)N1Cc2ccccc2CC1C(=O)N1CCC(C)(CN)C1.Cl. The van der Waals surface area contributed by atoms with Crippen LogP contribution in [0.25, 0.3) is 0 Å². The van der Waals surface area contributed by atoms with Crippen LogP contribution in [0.1, 0.15) is 44.7 Å². The van der Waals surface area contributed by atoms with Crippen LogP contribution >= 0.6 is 12.4 Å². The molecule has 6 heteroatoms. The van der Waals surface area contributed by atoms with Gasteiger partial charge in [0.2, 0.25) is 11.8 Å². The highest BCUT2D eigenvalue weighted by Gasteiger charge is 2.42. The predicted octanol–water partition coefficient (Wildman–Crippen LogP) is 2.61. The van der Waals surface area contributed by atoms with Gasteiger partial charge in [0.25, 0.3) is 0 Å². The Kier molecular flexibility index (Phi) is 6.92. The molecular formula is C21H32ClN3O2. The van der Waals surface area contributed by atoms with Gasteiger partial charge in [0.15, 0.2) is 0 Å². The summed E-state index contributed by atoms with van der Waals surface area (Å²) in [5.41, 5.74) is 8.23. The number of nitrogens with two attached hydrogens (primary N) is 1. The van der Waals surface area contributed by atoms with Gasteiger partial charge in [-0.1, -0.05) is 45.0 Å². The Morgan fingerprint density at radius 3 is 2.56 bits per heavy atom. The van der Waals surface area contributed by atoms with Crippen LogP contribution < -0.4 is 5.73 Å². The Morgan fingerprint density at radius 1 is 1.30 bits per heavy atom. The molecule has 2 aliphatic rings. The van der Waals surface area contributed by atoms with Gasteiger partial charge in [-0.05, 0) is 35.9 Å². The van der Waals surface area contributed by atoms with Crippen molar-refractivity contribution < 1.29 is 9.59 Å². The molecule has 0 bridgehead atoms. The zero-order valence-corrected chi connectivity index (χ0v) is 17.4. The van der Waals surface area contributed by atoms with E-state index in [1.807, 2.05) is 35.8 Å². The standard InChI is InChI=1S/C21H31N3O2.ClH/c1-4-15(2)19(25)24-12-17-8-6-5-7-16(17)11-18(24)20(26)23-10-9-21(3,13-22)14-23;/h5-8,15,18H,4,9-14,22H2,1-3H3;1H. The molecule has 27 heavy (non-hydrogen) atoms. The van der Waals surface area contributed by atoms with Crippen molar-refractivity contribution >= 4 is 24.2 Å². The number of likely N-dealkylation sites (tertiary alicyclic amines) is 1. The van der Waals surface area contributed by atoms with E-state index in [1.165, 1.54) is 5.56 Å². The smallest absolute Gasteiger partial charge is 0.245 e. The van der Waals surface area contributed by atoms with E-state index in [4.69, 9.17) is 5.73 Å². The van der Waals surface area contributed by atoms with Crippen molar-refractivity contribution in [2.75, 3.05) is 19.6 Å². The topological polar surface area (TPSA) is 66.6 Å². The van der Waals surface area contributed by atoms with Crippen LogP contribution in [0.4, 0.5) is 0 Å². The van der Waals surface area contributed by atoms with E-state index >= 15 is 0 Å². The molecule has 3 rings (SSSR count). The normalized spacial score (nSPS) is 25.6. The molecule has 2 aliphatic heterocycles. The highest BCUT2D eigenvalue weighted by Crippen LogP contribution is 2.32. The van der Waals surface area contributed by atoms with Crippen LogP contribution in [0.2, 0.25) is 0 Å². The van der Waals surface area contributed by atoms with Gasteiger partial charge in [0.05, 0.1) is 0 Å². The Bertz CT molecular complexity index is 696. The first-order valence-corrected chi connectivity index (χ1v) is 9.74. The number of halogens is 1. The van der Waals surface area contributed by atoms with Crippen molar-refractivity contribution in [2.24, 2.45) is 17.1 Å². The second kappa shape index (κ2) is 8.61. The average molecular weight is 394 g/mol. The summed E-state index contributed by atoms with van der Waals surface area (Å²) in [7, 11) is 0. The molecule has 0 radical (unpaired) electrons. The lowest BCUT2D eigenvalue weighted by molar-refractivity contribution is -0.149. The Morgan fingerprint density at radius 2 is 1.96 bits per heavy atom. The third-order valence-corrected chi connectivity index (χ3v) is 6.21. The maximum atomic E-state index is 13.3. The molecule has 150 valence electrons. The zero-order valence-electron chi connectivity index (χ0n) is 16.6. The van der Waals surface area contributed by atoms with E-state index in [-0.39, 0.29) is 35.6 Å². The van der Waals surface area contributed by atoms with E-state index in [0.29, 0.717) is 26.1 Å². The van der Waals surface area contributed by atoms with Gasteiger partial charge >= 0.3 is 0 Å². The summed E-state index contributed by atoms with van der Waals surface area (Å²) in [5.74, 6) is 0.0953. The lowest BCUT2D eigenvalue weighted by atomic mass is 9.90. The molecule has 2 amide bonds. The number of nitrogens with zero attached hydrogens (tertiary/aromatic N) is 2. The van der Waals surface area contributed by atoms with Crippen molar-refractivity contribution in [3.8, 4) is 0 Å². The van der Waals surface area contributed by atoms with Gasteiger partial charge in [0, 0.05) is 32.0 Å². The predicted molar refractivity (Wildman–Crippen MR) is 110 cm³/mol. The molecule has 1 fully saturated rings. The molecule has 0 saturated carbocycles. The lowest BCUT2D eigenvalue weighted by Gasteiger charge is -2.39. The minimum atomic E-state index is -0.397. The number of hydrogen-bond acceptors (Lipinski definition) is 3. The van der Waals surface area contributed by atoms with E-state index in [2.05, 4.69) is 19.1 Å². The molecule has 5 nitrogen and oxygen atoms in total. The molecule has 2 heterocycles. The number of hydrogen-bond donors (Lipinski definition) is 1. The van der Waals surface area contributed by atoms with Crippen molar-refractivity contribution in [1.82, 2.24) is 9.80 Å². The Hall–Kier alpha value is -1.59. The second-order valence-corrected chi connectivity index (χ2v) is 8.29. The van der Waals surface area contributed by atoms with E-state index in [0.717, 1.165) is 24.9 Å². The van der Waals surface area contributed by atoms with Gasteiger partial charge < -0.3 is 15.5 Å². The summed E-state index contributed by atoms with van der Waals surface area (Å²) < 4.78 is 0. The number of amides is 2. The van der Waals surface area contributed by atoms with Crippen LogP contribution in [-0.2, 0) is 22.6 Å². The molecule has 1 saturated heterocycles. The van der Waals surface area contributed by atoms with Gasteiger partial charge in [-0.15, -0.1) is 12.4 Å². The fourth-order valence-electron chi connectivity index (χ4n) is 4.02. The first-order valence-electron chi connectivity index (χ1n) is 9.74. The molecule has 1 aromatic carbocycles. The quantitative estimate of drug-likeness (QED) is 0.854. The number of carbonyl (C=O) groups is 2. The van der Waals surface area contributed by atoms with Gasteiger partial charge in [-0.3, -0.25) is 9.59 Å². The minimum Gasteiger partial charge on any atom is -0.340 e. The van der Waals surface area contributed by atoms with Crippen LogP contribution in [0.3, 0.4) is 0 Å². The highest BCUT2D eigenvalue weighted by atomic mass is 35.5. The van der Waals surface area contributed by atoms with Crippen molar-refractivity contribution in [2.45, 2.75) is 52.6 Å². The van der Waals surface area contributed by atoms with Crippen LogP contribution in [0.5, 0.6) is 0 Å². The summed E-state index contributed by atoms with van der Waals surface area (Å²) in [5, 5.41) is 0. The summed E-state index contributed by atoms with van der Waals surface area (Å²) in [6.45, 7) is 8.63. The number of benzene rings is 1. The zero-order chi connectivity index (χ0) is 18.9. The minimum absolute atomic E-state index is 0. The van der Waals surface area contributed by atoms with Crippen LogP contribution in [0.15, 0.2) is 24.3 Å². The fourth-order valence-corrected chi connectivity index (χ4v) is 4.02. The van der Waals surface area contributed by atoms with Crippen molar-refractivity contribution in [3.63, 3.8) is 0 Å². The summed E-state index contributed by atoms with van der Waals surface area (Å²) in [6.07, 6.45) is 2.32.